The Balaban J connectivity index is 2.15. The van der Waals surface area contributed by atoms with Gasteiger partial charge in [-0.1, -0.05) is 0 Å². The van der Waals surface area contributed by atoms with E-state index >= 15 is 0 Å². The number of phenols is 1. The Morgan fingerprint density at radius 1 is 1.21 bits per heavy atom. The van der Waals surface area contributed by atoms with Gasteiger partial charge in [-0.25, -0.2) is 0 Å². The van der Waals surface area contributed by atoms with Crippen LogP contribution in [0.25, 0.3) is 0 Å². The van der Waals surface area contributed by atoms with Crippen LogP contribution in [0.4, 0.5) is 5.69 Å². The van der Waals surface area contributed by atoms with Crippen molar-refractivity contribution in [1.82, 2.24) is 4.98 Å². The molecule has 1 heterocycles. The fraction of sp³-hybridized carbons (Fsp3) is 0.214. The topological polar surface area (TPSA) is 91.4 Å². The van der Waals surface area contributed by atoms with Gasteiger partial charge in [-0.05, 0) is 36.8 Å². The highest BCUT2D eigenvalue weighted by Crippen LogP contribution is 2.24. The number of hydrogen-bond donors (Lipinski definition) is 4. The largest absolute Gasteiger partial charge is 0.508 e. The van der Waals surface area contributed by atoms with E-state index in [4.69, 9.17) is 5.73 Å². The van der Waals surface area contributed by atoms with Crippen molar-refractivity contribution in [1.29, 1.82) is 0 Å². The molecule has 0 fully saturated rings. The zero-order valence-electron chi connectivity index (χ0n) is 10.7. The number of benzene rings is 1. The molecule has 0 amide bonds. The van der Waals surface area contributed by atoms with E-state index in [-0.39, 0.29) is 18.0 Å². The highest BCUT2D eigenvalue weighted by molar-refractivity contribution is 5.48. The Labute approximate surface area is 111 Å². The normalized spacial score (nSPS) is 10.4. The molecule has 0 aliphatic carbocycles. The first-order valence-corrected chi connectivity index (χ1v) is 6.01. The average molecular weight is 259 g/mol. The molecule has 5 nitrogen and oxygen atoms in total. The first kappa shape index (κ1) is 13.2. The molecular formula is C14H17N3O2. The Kier molecular flexibility index (Phi) is 3.87. The third-order valence-corrected chi connectivity index (χ3v) is 2.98. The molecular weight excluding hydrogens is 242 g/mol. The van der Waals surface area contributed by atoms with Crippen LogP contribution in [0.3, 0.4) is 0 Å². The SMILES string of the molecule is Cc1ncc(CNc2ccc(O)cc2)c(CN)c1O. The summed E-state index contributed by atoms with van der Waals surface area (Å²) in [5.41, 5.74) is 8.68. The number of anilines is 1. The molecule has 0 aliphatic rings. The summed E-state index contributed by atoms with van der Waals surface area (Å²) < 4.78 is 0. The van der Waals surface area contributed by atoms with Crippen LogP contribution >= 0.6 is 0 Å². The van der Waals surface area contributed by atoms with Crippen LogP contribution in [0.2, 0.25) is 0 Å². The Hall–Kier alpha value is -2.27. The van der Waals surface area contributed by atoms with E-state index < -0.39 is 0 Å². The van der Waals surface area contributed by atoms with Gasteiger partial charge in [0.05, 0.1) is 5.69 Å². The van der Waals surface area contributed by atoms with Crippen LogP contribution in [0.5, 0.6) is 11.5 Å². The van der Waals surface area contributed by atoms with Crippen molar-refractivity contribution < 1.29 is 10.2 Å². The number of rotatable bonds is 4. The molecule has 1 aromatic heterocycles. The minimum atomic E-state index is 0.160. The first-order valence-electron chi connectivity index (χ1n) is 6.01. The lowest BCUT2D eigenvalue weighted by molar-refractivity contribution is 0.459. The zero-order chi connectivity index (χ0) is 13.8. The first-order chi connectivity index (χ1) is 9.11. The second-order valence-electron chi connectivity index (χ2n) is 4.30. The molecule has 0 saturated heterocycles. The fourth-order valence-electron chi connectivity index (χ4n) is 1.84. The molecule has 0 spiro atoms. The quantitative estimate of drug-likeness (QED) is 0.629. The number of pyridine rings is 1. The molecule has 100 valence electrons. The summed E-state index contributed by atoms with van der Waals surface area (Å²) >= 11 is 0. The van der Waals surface area contributed by atoms with Crippen LogP contribution in [0.15, 0.2) is 30.5 Å². The summed E-state index contributed by atoms with van der Waals surface area (Å²) in [7, 11) is 0. The summed E-state index contributed by atoms with van der Waals surface area (Å²) in [6, 6.07) is 6.77. The summed E-state index contributed by atoms with van der Waals surface area (Å²) in [6.07, 6.45) is 1.71. The second-order valence-corrected chi connectivity index (χ2v) is 4.30. The number of aromatic nitrogens is 1. The lowest BCUT2D eigenvalue weighted by Crippen LogP contribution is -2.08. The van der Waals surface area contributed by atoms with Crippen LogP contribution in [0.1, 0.15) is 16.8 Å². The number of aromatic hydroxyl groups is 2. The van der Waals surface area contributed by atoms with Crippen LogP contribution < -0.4 is 11.1 Å². The van der Waals surface area contributed by atoms with Gasteiger partial charge in [0.2, 0.25) is 0 Å². The molecule has 0 radical (unpaired) electrons. The summed E-state index contributed by atoms with van der Waals surface area (Å²) in [6.45, 7) is 2.52. The smallest absolute Gasteiger partial charge is 0.141 e. The van der Waals surface area contributed by atoms with E-state index in [1.807, 2.05) is 0 Å². The van der Waals surface area contributed by atoms with Crippen molar-refractivity contribution >= 4 is 5.69 Å². The van der Waals surface area contributed by atoms with Gasteiger partial charge < -0.3 is 21.3 Å². The molecule has 0 unspecified atom stereocenters. The van der Waals surface area contributed by atoms with E-state index in [1.165, 1.54) is 0 Å². The van der Waals surface area contributed by atoms with Crippen molar-refractivity contribution in [3.63, 3.8) is 0 Å². The molecule has 5 N–H and O–H groups in total. The number of nitrogens with one attached hydrogen (secondary N) is 1. The number of nitrogens with zero attached hydrogens (tertiary/aromatic N) is 1. The van der Waals surface area contributed by atoms with E-state index in [0.717, 1.165) is 11.3 Å². The van der Waals surface area contributed by atoms with E-state index in [9.17, 15) is 10.2 Å². The third kappa shape index (κ3) is 2.95. The predicted molar refractivity (Wildman–Crippen MR) is 74.0 cm³/mol. The van der Waals surface area contributed by atoms with Crippen LogP contribution in [0, 0.1) is 6.92 Å². The van der Waals surface area contributed by atoms with Crippen LogP contribution in [-0.2, 0) is 13.1 Å². The van der Waals surface area contributed by atoms with Gasteiger partial charge in [-0.3, -0.25) is 4.98 Å². The Morgan fingerprint density at radius 2 is 1.89 bits per heavy atom. The maximum Gasteiger partial charge on any atom is 0.141 e. The van der Waals surface area contributed by atoms with Crippen LogP contribution in [-0.4, -0.2) is 15.2 Å². The van der Waals surface area contributed by atoms with Gasteiger partial charge in [0.15, 0.2) is 0 Å². The zero-order valence-corrected chi connectivity index (χ0v) is 10.7. The van der Waals surface area contributed by atoms with E-state index in [2.05, 4.69) is 10.3 Å². The molecule has 0 aliphatic heterocycles. The van der Waals surface area contributed by atoms with Gasteiger partial charge >= 0.3 is 0 Å². The van der Waals surface area contributed by atoms with Crippen molar-refractivity contribution in [2.75, 3.05) is 5.32 Å². The summed E-state index contributed by atoms with van der Waals surface area (Å²) in [4.78, 5) is 4.13. The molecule has 5 heteroatoms. The molecule has 0 saturated carbocycles. The number of hydrogen-bond acceptors (Lipinski definition) is 5. The second kappa shape index (κ2) is 5.58. The standard InChI is InChI=1S/C14H17N3O2/c1-9-14(19)13(6-15)10(7-16-9)8-17-11-2-4-12(18)5-3-11/h2-5,7,17-19H,6,8,15H2,1H3. The van der Waals surface area contributed by atoms with Gasteiger partial charge in [0.1, 0.15) is 11.5 Å². The molecule has 19 heavy (non-hydrogen) atoms. The predicted octanol–water partition coefficient (Wildman–Crippen LogP) is 1.87. The Bertz CT molecular complexity index is 568. The Morgan fingerprint density at radius 3 is 2.53 bits per heavy atom. The van der Waals surface area contributed by atoms with Crippen molar-refractivity contribution in [3.8, 4) is 11.5 Å². The third-order valence-electron chi connectivity index (χ3n) is 2.98. The highest BCUT2D eigenvalue weighted by atomic mass is 16.3. The van der Waals surface area contributed by atoms with E-state index in [1.54, 1.807) is 37.4 Å². The maximum atomic E-state index is 9.91. The fourth-order valence-corrected chi connectivity index (χ4v) is 1.84. The lowest BCUT2D eigenvalue weighted by atomic mass is 10.1. The highest BCUT2D eigenvalue weighted by Gasteiger charge is 2.10. The van der Waals surface area contributed by atoms with Crippen molar-refractivity contribution in [2.45, 2.75) is 20.0 Å². The van der Waals surface area contributed by atoms with Gasteiger partial charge in [-0.15, -0.1) is 0 Å². The summed E-state index contributed by atoms with van der Waals surface area (Å²) in [5, 5.41) is 22.3. The molecule has 1 aromatic carbocycles. The molecule has 0 bridgehead atoms. The van der Waals surface area contributed by atoms with Gasteiger partial charge in [-0.2, -0.15) is 0 Å². The molecule has 2 aromatic rings. The maximum absolute atomic E-state index is 9.91. The molecule has 2 rings (SSSR count). The van der Waals surface area contributed by atoms with E-state index in [0.29, 0.717) is 17.8 Å². The lowest BCUT2D eigenvalue weighted by Gasteiger charge is -2.12. The number of aryl methyl sites for hydroxylation is 1. The van der Waals surface area contributed by atoms with Crippen molar-refractivity contribution in [2.24, 2.45) is 5.73 Å². The number of phenolic OH excluding ortho intramolecular Hbond substituents is 1. The molecule has 0 atom stereocenters. The van der Waals surface area contributed by atoms with Gasteiger partial charge in [0, 0.05) is 30.5 Å². The average Bonchev–Trinajstić information content (AvgIpc) is 2.42. The minimum absolute atomic E-state index is 0.160. The summed E-state index contributed by atoms with van der Waals surface area (Å²) in [5.74, 6) is 0.385. The monoisotopic (exact) mass is 259 g/mol. The van der Waals surface area contributed by atoms with Gasteiger partial charge in [0.25, 0.3) is 0 Å². The number of nitrogens with two attached hydrogens (primary N) is 1. The minimum Gasteiger partial charge on any atom is -0.508 e. The van der Waals surface area contributed by atoms with Crippen molar-refractivity contribution in [3.05, 3.63) is 47.3 Å².